The summed E-state index contributed by atoms with van der Waals surface area (Å²) in [6, 6.07) is 6.81. The van der Waals surface area contributed by atoms with Crippen molar-refractivity contribution in [1.82, 2.24) is 4.90 Å². The minimum atomic E-state index is -0.150. The zero-order valence-corrected chi connectivity index (χ0v) is 13.3. The summed E-state index contributed by atoms with van der Waals surface area (Å²) in [5, 5.41) is 12.4. The minimum Gasteiger partial charge on any atom is -0.396 e. The first kappa shape index (κ1) is 16.5. The number of ketones is 1. The molecule has 2 N–H and O–H groups in total. The largest absolute Gasteiger partial charge is 0.396 e. The van der Waals surface area contributed by atoms with E-state index in [1.54, 1.807) is 29.2 Å². The standard InChI is InChI=1S/C17H24N2O3/c1-3-17(12-20)7-9-19(10-8-17)16(22)18-15-6-4-5-14(11-15)13(2)21/h4-6,11,20H,3,7-10,12H2,1-2H3,(H,18,22). The Balaban J connectivity index is 1.96. The van der Waals surface area contributed by atoms with Gasteiger partial charge in [0.25, 0.3) is 0 Å². The minimum absolute atomic E-state index is 0.0234. The summed E-state index contributed by atoms with van der Waals surface area (Å²) >= 11 is 0. The SMILES string of the molecule is CCC1(CO)CCN(C(=O)Nc2cccc(C(C)=O)c2)CC1. The number of urea groups is 1. The van der Waals surface area contributed by atoms with Crippen LogP contribution in [-0.4, -0.2) is 41.5 Å². The summed E-state index contributed by atoms with van der Waals surface area (Å²) in [5.74, 6) is -0.0234. The van der Waals surface area contributed by atoms with Crippen molar-refractivity contribution < 1.29 is 14.7 Å². The Bertz CT molecular complexity index is 543. The first-order valence-corrected chi connectivity index (χ1v) is 7.77. The number of carbonyl (C=O) groups is 2. The van der Waals surface area contributed by atoms with Gasteiger partial charge in [0.05, 0.1) is 0 Å². The maximum atomic E-state index is 12.3. The maximum Gasteiger partial charge on any atom is 0.321 e. The molecule has 1 aromatic rings. The monoisotopic (exact) mass is 304 g/mol. The molecule has 0 aliphatic carbocycles. The van der Waals surface area contributed by atoms with Gasteiger partial charge >= 0.3 is 6.03 Å². The van der Waals surface area contributed by atoms with Crippen molar-refractivity contribution in [2.24, 2.45) is 5.41 Å². The maximum absolute atomic E-state index is 12.3. The van der Waals surface area contributed by atoms with E-state index in [0.29, 0.717) is 24.3 Å². The van der Waals surface area contributed by atoms with Gasteiger partial charge in [-0.25, -0.2) is 4.79 Å². The Kier molecular flexibility index (Phi) is 5.19. The average Bonchev–Trinajstić information content (AvgIpc) is 2.55. The number of nitrogens with one attached hydrogen (secondary N) is 1. The Labute approximate surface area is 131 Å². The van der Waals surface area contributed by atoms with Gasteiger partial charge in [0.1, 0.15) is 0 Å². The lowest BCUT2D eigenvalue weighted by atomic mass is 9.77. The van der Waals surface area contributed by atoms with Crippen molar-refractivity contribution in [2.75, 3.05) is 25.0 Å². The Morgan fingerprint density at radius 3 is 2.55 bits per heavy atom. The van der Waals surface area contributed by atoms with E-state index in [1.807, 2.05) is 0 Å². The number of anilines is 1. The predicted octanol–water partition coefficient (Wildman–Crippen LogP) is 2.91. The third-order valence-electron chi connectivity index (χ3n) is 4.72. The van der Waals surface area contributed by atoms with E-state index < -0.39 is 0 Å². The summed E-state index contributed by atoms with van der Waals surface area (Å²) in [7, 11) is 0. The molecule has 0 aromatic heterocycles. The molecule has 2 amide bonds. The molecule has 120 valence electrons. The van der Waals surface area contributed by atoms with Crippen molar-refractivity contribution in [1.29, 1.82) is 0 Å². The molecule has 0 saturated carbocycles. The van der Waals surface area contributed by atoms with Crippen molar-refractivity contribution >= 4 is 17.5 Å². The number of Topliss-reactive ketones (excluding diaryl/α,β-unsaturated/α-hetero) is 1. The van der Waals surface area contributed by atoms with Gasteiger partial charge in [0, 0.05) is 30.9 Å². The van der Waals surface area contributed by atoms with Gasteiger partial charge in [0.15, 0.2) is 5.78 Å². The molecule has 0 unspecified atom stereocenters. The number of aliphatic hydroxyl groups excluding tert-OH is 1. The second-order valence-corrected chi connectivity index (χ2v) is 6.07. The second-order valence-electron chi connectivity index (χ2n) is 6.07. The summed E-state index contributed by atoms with van der Waals surface area (Å²) in [6.45, 7) is 5.06. The molecular formula is C17H24N2O3. The number of piperidine rings is 1. The zero-order chi connectivity index (χ0) is 16.2. The van der Waals surface area contributed by atoms with E-state index in [-0.39, 0.29) is 23.8 Å². The quantitative estimate of drug-likeness (QED) is 0.840. The van der Waals surface area contributed by atoms with Crippen LogP contribution in [0.3, 0.4) is 0 Å². The number of benzene rings is 1. The molecule has 0 radical (unpaired) electrons. The van der Waals surface area contributed by atoms with Crippen LogP contribution in [0.2, 0.25) is 0 Å². The normalized spacial score (nSPS) is 17.1. The Hall–Kier alpha value is -1.88. The number of rotatable bonds is 4. The number of hydrogen-bond donors (Lipinski definition) is 2. The molecule has 1 heterocycles. The summed E-state index contributed by atoms with van der Waals surface area (Å²) in [4.78, 5) is 25.4. The van der Waals surface area contributed by atoms with Crippen LogP contribution in [0.4, 0.5) is 10.5 Å². The van der Waals surface area contributed by atoms with Crippen molar-refractivity contribution in [2.45, 2.75) is 33.1 Å². The highest BCUT2D eigenvalue weighted by molar-refractivity contribution is 5.96. The third-order valence-corrected chi connectivity index (χ3v) is 4.72. The number of nitrogens with zero attached hydrogens (tertiary/aromatic N) is 1. The van der Waals surface area contributed by atoms with Crippen LogP contribution in [0.15, 0.2) is 24.3 Å². The van der Waals surface area contributed by atoms with E-state index in [9.17, 15) is 14.7 Å². The van der Waals surface area contributed by atoms with Crippen molar-refractivity contribution in [3.05, 3.63) is 29.8 Å². The van der Waals surface area contributed by atoms with Crippen LogP contribution in [0.1, 0.15) is 43.5 Å². The molecule has 5 nitrogen and oxygen atoms in total. The lowest BCUT2D eigenvalue weighted by Crippen LogP contribution is -2.46. The van der Waals surface area contributed by atoms with Crippen molar-refractivity contribution in [3.63, 3.8) is 0 Å². The molecule has 22 heavy (non-hydrogen) atoms. The second kappa shape index (κ2) is 6.92. The molecule has 1 aliphatic heterocycles. The highest BCUT2D eigenvalue weighted by Gasteiger charge is 2.33. The molecule has 0 bridgehead atoms. The summed E-state index contributed by atoms with van der Waals surface area (Å²) < 4.78 is 0. The lowest BCUT2D eigenvalue weighted by molar-refractivity contribution is 0.0542. The van der Waals surface area contributed by atoms with Crippen LogP contribution in [0.5, 0.6) is 0 Å². The first-order chi connectivity index (χ1) is 10.5. The molecule has 1 aliphatic rings. The molecule has 1 aromatic carbocycles. The molecule has 0 spiro atoms. The van der Waals surface area contributed by atoms with Gasteiger partial charge in [-0.15, -0.1) is 0 Å². The number of likely N-dealkylation sites (tertiary alicyclic amines) is 1. The van der Waals surface area contributed by atoms with E-state index in [2.05, 4.69) is 12.2 Å². The molecule has 1 fully saturated rings. The third kappa shape index (κ3) is 3.65. The van der Waals surface area contributed by atoms with Gasteiger partial charge in [-0.2, -0.15) is 0 Å². The number of carbonyl (C=O) groups excluding carboxylic acids is 2. The van der Waals surface area contributed by atoms with Crippen LogP contribution in [-0.2, 0) is 0 Å². The fraction of sp³-hybridized carbons (Fsp3) is 0.529. The van der Waals surface area contributed by atoms with Crippen LogP contribution in [0, 0.1) is 5.41 Å². The highest BCUT2D eigenvalue weighted by atomic mass is 16.3. The summed E-state index contributed by atoms with van der Waals surface area (Å²) in [5.41, 5.74) is 1.18. The van der Waals surface area contributed by atoms with Gasteiger partial charge in [-0.05, 0) is 43.7 Å². The van der Waals surface area contributed by atoms with E-state index in [1.165, 1.54) is 6.92 Å². The van der Waals surface area contributed by atoms with Crippen LogP contribution in [0.25, 0.3) is 0 Å². The first-order valence-electron chi connectivity index (χ1n) is 7.77. The van der Waals surface area contributed by atoms with E-state index >= 15 is 0 Å². The van der Waals surface area contributed by atoms with Crippen LogP contribution >= 0.6 is 0 Å². The number of aliphatic hydroxyl groups is 1. The molecule has 5 heteroatoms. The fourth-order valence-electron chi connectivity index (χ4n) is 2.83. The smallest absolute Gasteiger partial charge is 0.321 e. The zero-order valence-electron chi connectivity index (χ0n) is 13.3. The van der Waals surface area contributed by atoms with Gasteiger partial charge in [-0.3, -0.25) is 4.79 Å². The summed E-state index contributed by atoms with van der Waals surface area (Å²) in [6.07, 6.45) is 2.57. The topological polar surface area (TPSA) is 69.6 Å². The van der Waals surface area contributed by atoms with Crippen molar-refractivity contribution in [3.8, 4) is 0 Å². The van der Waals surface area contributed by atoms with E-state index in [4.69, 9.17) is 0 Å². The number of amides is 2. The van der Waals surface area contributed by atoms with Gasteiger partial charge < -0.3 is 15.3 Å². The highest BCUT2D eigenvalue weighted by Crippen LogP contribution is 2.34. The Morgan fingerprint density at radius 1 is 1.32 bits per heavy atom. The van der Waals surface area contributed by atoms with Gasteiger partial charge in [0.2, 0.25) is 0 Å². The van der Waals surface area contributed by atoms with E-state index in [0.717, 1.165) is 19.3 Å². The van der Waals surface area contributed by atoms with Gasteiger partial charge in [-0.1, -0.05) is 19.1 Å². The Morgan fingerprint density at radius 2 is 2.00 bits per heavy atom. The lowest BCUT2D eigenvalue weighted by Gasteiger charge is -2.40. The molecular weight excluding hydrogens is 280 g/mol. The fourth-order valence-corrected chi connectivity index (χ4v) is 2.83. The molecule has 0 atom stereocenters. The molecule has 2 rings (SSSR count). The van der Waals surface area contributed by atoms with Crippen LogP contribution < -0.4 is 5.32 Å². The number of hydrogen-bond acceptors (Lipinski definition) is 3. The predicted molar refractivity (Wildman–Crippen MR) is 86.1 cm³/mol. The average molecular weight is 304 g/mol. The molecule has 1 saturated heterocycles.